The quantitative estimate of drug-likeness (QED) is 0.939. The van der Waals surface area contributed by atoms with E-state index in [1.807, 2.05) is 20.8 Å². The Hall–Kier alpha value is -2.50. The number of carbonyl (C=O) groups is 1. The van der Waals surface area contributed by atoms with Crippen LogP contribution in [0.15, 0.2) is 23.1 Å². The highest BCUT2D eigenvalue weighted by Crippen LogP contribution is 2.31. The van der Waals surface area contributed by atoms with Gasteiger partial charge in [-0.3, -0.25) is 14.6 Å². The molecule has 0 radical (unpaired) electrons. The predicted octanol–water partition coefficient (Wildman–Crippen LogP) is 2.32. The third-order valence-corrected chi connectivity index (χ3v) is 4.66. The monoisotopic (exact) mass is 326 g/mol. The first-order valence-electron chi connectivity index (χ1n) is 8.35. The maximum absolute atomic E-state index is 12.9. The summed E-state index contributed by atoms with van der Waals surface area (Å²) in [5.41, 5.74) is 2.67. The van der Waals surface area contributed by atoms with E-state index in [4.69, 9.17) is 0 Å². The van der Waals surface area contributed by atoms with Gasteiger partial charge in [0.15, 0.2) is 0 Å². The number of aryl methyl sites for hydroxylation is 2. The van der Waals surface area contributed by atoms with Gasteiger partial charge < -0.3 is 9.88 Å². The number of carbonyl (C=O) groups excluding carboxylic acids is 1. The second-order valence-corrected chi connectivity index (χ2v) is 6.16. The number of nitrogens with one attached hydrogen (secondary N) is 1. The van der Waals surface area contributed by atoms with Crippen LogP contribution in [0.1, 0.15) is 58.9 Å². The molecule has 1 aliphatic heterocycles. The Labute approximate surface area is 141 Å². The van der Waals surface area contributed by atoms with Crippen LogP contribution in [0.3, 0.4) is 0 Å². The maximum Gasteiger partial charge on any atom is 0.256 e. The average Bonchev–Trinajstić information content (AvgIpc) is 3.04. The molecule has 1 N–H and O–H groups in total. The van der Waals surface area contributed by atoms with Gasteiger partial charge in [-0.1, -0.05) is 6.92 Å². The second kappa shape index (κ2) is 6.55. The molecule has 1 atom stereocenters. The molecule has 1 saturated heterocycles. The van der Waals surface area contributed by atoms with E-state index in [2.05, 4.69) is 15.0 Å². The van der Waals surface area contributed by atoms with Gasteiger partial charge in [-0.2, -0.15) is 0 Å². The van der Waals surface area contributed by atoms with Crippen molar-refractivity contribution in [1.29, 1.82) is 0 Å². The highest BCUT2D eigenvalue weighted by molar-refractivity contribution is 5.95. The average molecular weight is 326 g/mol. The molecule has 6 heteroatoms. The molecule has 2 aromatic heterocycles. The number of nitrogens with zero attached hydrogens (tertiary/aromatic N) is 3. The van der Waals surface area contributed by atoms with Gasteiger partial charge in [0.1, 0.15) is 5.82 Å². The molecule has 1 aliphatic rings. The van der Waals surface area contributed by atoms with Crippen LogP contribution in [0.25, 0.3) is 0 Å². The van der Waals surface area contributed by atoms with Gasteiger partial charge in [-0.05, 0) is 45.2 Å². The molecule has 0 aliphatic carbocycles. The van der Waals surface area contributed by atoms with Crippen LogP contribution in [0, 0.1) is 13.8 Å². The van der Waals surface area contributed by atoms with Crippen LogP contribution < -0.4 is 5.56 Å². The van der Waals surface area contributed by atoms with Gasteiger partial charge in [0.25, 0.3) is 11.5 Å². The van der Waals surface area contributed by atoms with Crippen molar-refractivity contribution in [3.05, 3.63) is 57.0 Å². The Morgan fingerprint density at radius 2 is 2.17 bits per heavy atom. The molecule has 126 valence electrons. The fraction of sp³-hybridized carbons (Fsp3) is 0.444. The van der Waals surface area contributed by atoms with E-state index >= 15 is 0 Å². The Morgan fingerprint density at radius 1 is 1.38 bits per heavy atom. The number of hydrogen-bond donors (Lipinski definition) is 1. The van der Waals surface area contributed by atoms with Gasteiger partial charge in [0.05, 0.1) is 11.6 Å². The Kier molecular flexibility index (Phi) is 4.46. The number of amides is 1. The van der Waals surface area contributed by atoms with E-state index in [1.54, 1.807) is 23.2 Å². The molecule has 3 heterocycles. The fourth-order valence-electron chi connectivity index (χ4n) is 3.37. The van der Waals surface area contributed by atoms with Crippen LogP contribution in [-0.4, -0.2) is 32.3 Å². The van der Waals surface area contributed by atoms with Gasteiger partial charge in [0, 0.05) is 29.7 Å². The van der Waals surface area contributed by atoms with Crippen LogP contribution in [-0.2, 0) is 6.42 Å². The number of hydrogen-bond acceptors (Lipinski definition) is 4. The Balaban J connectivity index is 1.96. The first-order valence-corrected chi connectivity index (χ1v) is 8.35. The van der Waals surface area contributed by atoms with E-state index in [0.717, 1.165) is 18.5 Å². The lowest BCUT2D eigenvalue weighted by Crippen LogP contribution is -2.33. The summed E-state index contributed by atoms with van der Waals surface area (Å²) in [7, 11) is 0. The van der Waals surface area contributed by atoms with Crippen molar-refractivity contribution in [2.24, 2.45) is 0 Å². The van der Waals surface area contributed by atoms with Crippen molar-refractivity contribution in [2.75, 3.05) is 6.54 Å². The number of H-pyrrole nitrogens is 1. The van der Waals surface area contributed by atoms with Crippen molar-refractivity contribution in [3.63, 3.8) is 0 Å². The second-order valence-electron chi connectivity index (χ2n) is 6.16. The van der Waals surface area contributed by atoms with E-state index in [-0.39, 0.29) is 17.5 Å². The zero-order valence-corrected chi connectivity index (χ0v) is 14.3. The van der Waals surface area contributed by atoms with Crippen molar-refractivity contribution < 1.29 is 4.79 Å². The van der Waals surface area contributed by atoms with Crippen LogP contribution in [0.5, 0.6) is 0 Å². The molecule has 0 spiro atoms. The summed E-state index contributed by atoms with van der Waals surface area (Å²) in [4.78, 5) is 38.6. The van der Waals surface area contributed by atoms with Gasteiger partial charge in [0.2, 0.25) is 0 Å². The third-order valence-electron chi connectivity index (χ3n) is 4.66. The predicted molar refractivity (Wildman–Crippen MR) is 91.0 cm³/mol. The molecule has 2 aromatic rings. The summed E-state index contributed by atoms with van der Waals surface area (Å²) in [6.45, 7) is 6.29. The topological polar surface area (TPSA) is 79.0 Å². The van der Waals surface area contributed by atoms with Gasteiger partial charge in [-0.25, -0.2) is 4.98 Å². The minimum atomic E-state index is -0.186. The number of likely N-dealkylation sites (tertiary alicyclic amines) is 1. The fourth-order valence-corrected chi connectivity index (χ4v) is 3.37. The Morgan fingerprint density at radius 3 is 2.83 bits per heavy atom. The molecular formula is C18H22N4O2. The molecular weight excluding hydrogens is 304 g/mol. The summed E-state index contributed by atoms with van der Waals surface area (Å²) in [5, 5.41) is 0. The van der Waals surface area contributed by atoms with E-state index in [1.165, 1.54) is 0 Å². The molecule has 0 unspecified atom stereocenters. The molecule has 1 fully saturated rings. The van der Waals surface area contributed by atoms with Crippen LogP contribution in [0.2, 0.25) is 0 Å². The molecule has 6 nitrogen and oxygen atoms in total. The summed E-state index contributed by atoms with van der Waals surface area (Å²) in [5.74, 6) is 0.532. The van der Waals surface area contributed by atoms with Gasteiger partial charge >= 0.3 is 0 Å². The lowest BCUT2D eigenvalue weighted by atomic mass is 10.1. The minimum absolute atomic E-state index is 0.0528. The van der Waals surface area contributed by atoms with E-state index in [9.17, 15) is 9.59 Å². The normalized spacial score (nSPS) is 17.3. The number of rotatable bonds is 3. The van der Waals surface area contributed by atoms with E-state index < -0.39 is 0 Å². The van der Waals surface area contributed by atoms with Crippen molar-refractivity contribution in [1.82, 2.24) is 19.9 Å². The minimum Gasteiger partial charge on any atom is -0.328 e. The van der Waals surface area contributed by atoms with Crippen molar-refractivity contribution in [3.8, 4) is 0 Å². The maximum atomic E-state index is 12.9. The summed E-state index contributed by atoms with van der Waals surface area (Å²) in [6, 6.07) is 3.38. The standard InChI is InChI=1S/C18H22N4O2/c1-4-13-12(3)20-16(21-17(13)23)15-8-6-10-22(15)18(24)14-7-5-9-19-11(14)2/h5,7,9,15H,4,6,8,10H2,1-3H3,(H,20,21,23)/t15-/m0/s1. The molecule has 3 rings (SSSR count). The lowest BCUT2D eigenvalue weighted by molar-refractivity contribution is 0.0728. The summed E-state index contributed by atoms with van der Waals surface area (Å²) in [6.07, 6.45) is 4.03. The highest BCUT2D eigenvalue weighted by Gasteiger charge is 2.33. The molecule has 0 aromatic carbocycles. The third kappa shape index (κ3) is 2.84. The van der Waals surface area contributed by atoms with Crippen LogP contribution in [0.4, 0.5) is 0 Å². The number of pyridine rings is 1. The molecule has 0 bridgehead atoms. The number of aromatic amines is 1. The lowest BCUT2D eigenvalue weighted by Gasteiger charge is -2.25. The molecule has 0 saturated carbocycles. The Bertz CT molecular complexity index is 828. The first-order chi connectivity index (χ1) is 11.5. The molecule has 1 amide bonds. The smallest absolute Gasteiger partial charge is 0.256 e. The zero-order chi connectivity index (χ0) is 17.3. The first kappa shape index (κ1) is 16.4. The van der Waals surface area contributed by atoms with Crippen molar-refractivity contribution >= 4 is 5.91 Å². The van der Waals surface area contributed by atoms with Gasteiger partial charge in [-0.15, -0.1) is 0 Å². The summed E-state index contributed by atoms with van der Waals surface area (Å²) >= 11 is 0. The van der Waals surface area contributed by atoms with Crippen LogP contribution >= 0.6 is 0 Å². The molecule has 24 heavy (non-hydrogen) atoms. The SMILES string of the molecule is CCc1c(C)nc([C@@H]2CCCN2C(=O)c2cccnc2C)[nH]c1=O. The summed E-state index contributed by atoms with van der Waals surface area (Å²) < 4.78 is 0. The van der Waals surface area contributed by atoms with E-state index in [0.29, 0.717) is 35.6 Å². The zero-order valence-electron chi connectivity index (χ0n) is 14.3. The highest BCUT2D eigenvalue weighted by atomic mass is 16.2. The van der Waals surface area contributed by atoms with Crippen molar-refractivity contribution in [2.45, 2.75) is 46.1 Å². The number of aromatic nitrogens is 3. The largest absolute Gasteiger partial charge is 0.328 e.